The minimum Gasteiger partial charge on any atom is -0.421 e. The summed E-state index contributed by atoms with van der Waals surface area (Å²) in [5.74, 6) is 0.479. The van der Waals surface area contributed by atoms with Crippen molar-refractivity contribution >= 4 is 39.4 Å². The Balaban J connectivity index is 1.71. The zero-order valence-corrected chi connectivity index (χ0v) is 17.9. The van der Waals surface area contributed by atoms with Crippen LogP contribution in [-0.2, 0) is 13.5 Å². The molecule has 0 unspecified atom stereocenters. The molecule has 0 bridgehead atoms. The van der Waals surface area contributed by atoms with Crippen molar-refractivity contribution in [1.29, 1.82) is 0 Å². The maximum Gasteiger partial charge on any atom is 0.322 e. The summed E-state index contributed by atoms with van der Waals surface area (Å²) in [5, 5.41) is 4.21. The zero-order valence-electron chi connectivity index (χ0n) is 15.7. The van der Waals surface area contributed by atoms with Crippen molar-refractivity contribution in [2.45, 2.75) is 13.3 Å². The average Bonchev–Trinajstić information content (AvgIpc) is 2.95. The Morgan fingerprint density at radius 1 is 1.21 bits per heavy atom. The normalized spacial score (nSPS) is 12.8. The highest BCUT2D eigenvalue weighted by Gasteiger charge is 2.26. The Hall–Kier alpha value is -2.82. The standard InChI is InChI=1S/C20H16FIN6O/c1-10-5-7-24-20(27-10)29-13-4-3-11-12(16(13)21)6-8-23-18-15-14(11)17(22)28(2)19(15)26-9-25-18/h3-5,7,9H,6,8H2,1-2H3,(H,23,25,26). The number of anilines is 1. The fourth-order valence-corrected chi connectivity index (χ4v) is 4.43. The van der Waals surface area contributed by atoms with Gasteiger partial charge in [-0.1, -0.05) is 6.07 Å². The summed E-state index contributed by atoms with van der Waals surface area (Å²) < 4.78 is 24.1. The van der Waals surface area contributed by atoms with Gasteiger partial charge >= 0.3 is 6.01 Å². The highest BCUT2D eigenvalue weighted by Crippen LogP contribution is 2.42. The summed E-state index contributed by atoms with van der Waals surface area (Å²) in [4.78, 5) is 17.1. The summed E-state index contributed by atoms with van der Waals surface area (Å²) in [5.41, 5.74) is 3.90. The van der Waals surface area contributed by atoms with E-state index in [4.69, 9.17) is 4.74 Å². The van der Waals surface area contributed by atoms with Crippen LogP contribution in [0.15, 0.2) is 30.7 Å². The number of nitrogens with zero attached hydrogens (tertiary/aromatic N) is 5. The fraction of sp³-hybridized carbons (Fsp3) is 0.200. The smallest absolute Gasteiger partial charge is 0.322 e. The van der Waals surface area contributed by atoms with Crippen LogP contribution >= 0.6 is 22.6 Å². The molecular weight excluding hydrogens is 486 g/mol. The van der Waals surface area contributed by atoms with Gasteiger partial charge in [0.15, 0.2) is 11.6 Å². The van der Waals surface area contributed by atoms with E-state index in [2.05, 4.69) is 47.8 Å². The fourth-order valence-electron chi connectivity index (χ4n) is 3.64. The molecule has 1 aromatic carbocycles. The van der Waals surface area contributed by atoms with Gasteiger partial charge in [0.1, 0.15) is 17.8 Å². The predicted molar refractivity (Wildman–Crippen MR) is 116 cm³/mol. The van der Waals surface area contributed by atoms with Crippen LogP contribution in [0.4, 0.5) is 10.2 Å². The van der Waals surface area contributed by atoms with E-state index >= 15 is 4.39 Å². The Morgan fingerprint density at radius 2 is 2.07 bits per heavy atom. The van der Waals surface area contributed by atoms with Gasteiger partial charge in [-0.15, -0.1) is 0 Å². The lowest BCUT2D eigenvalue weighted by atomic mass is 9.95. The molecule has 0 amide bonds. The molecule has 0 radical (unpaired) electrons. The van der Waals surface area contributed by atoms with Gasteiger partial charge in [-0.3, -0.25) is 0 Å². The van der Waals surface area contributed by atoms with Crippen LogP contribution < -0.4 is 10.1 Å². The third-order valence-corrected chi connectivity index (χ3v) is 6.28. The first-order valence-electron chi connectivity index (χ1n) is 9.06. The van der Waals surface area contributed by atoms with Gasteiger partial charge in [-0.2, -0.15) is 0 Å². The number of hydrogen-bond acceptors (Lipinski definition) is 6. The lowest BCUT2D eigenvalue weighted by Crippen LogP contribution is -2.12. The highest BCUT2D eigenvalue weighted by molar-refractivity contribution is 14.1. The molecule has 0 fully saturated rings. The molecule has 1 aliphatic heterocycles. The number of hydrogen-bond donors (Lipinski definition) is 1. The molecule has 0 aliphatic carbocycles. The van der Waals surface area contributed by atoms with Gasteiger partial charge in [-0.05, 0) is 53.6 Å². The molecule has 9 heteroatoms. The maximum atomic E-state index is 15.5. The summed E-state index contributed by atoms with van der Waals surface area (Å²) in [6, 6.07) is 5.41. The van der Waals surface area contributed by atoms with E-state index < -0.39 is 5.82 Å². The van der Waals surface area contributed by atoms with Crippen molar-refractivity contribution < 1.29 is 9.13 Å². The molecule has 3 aromatic heterocycles. The Bertz CT molecular complexity index is 1270. The molecule has 1 N–H and O–H groups in total. The van der Waals surface area contributed by atoms with Gasteiger partial charge in [-0.25, -0.2) is 24.3 Å². The third kappa shape index (κ3) is 2.91. The van der Waals surface area contributed by atoms with E-state index in [1.165, 1.54) is 0 Å². The molecule has 0 atom stereocenters. The van der Waals surface area contributed by atoms with Gasteiger partial charge in [0.25, 0.3) is 0 Å². The van der Waals surface area contributed by atoms with Crippen LogP contribution in [-0.4, -0.2) is 31.0 Å². The van der Waals surface area contributed by atoms with E-state index in [1.807, 2.05) is 24.6 Å². The Morgan fingerprint density at radius 3 is 2.90 bits per heavy atom. The number of halogens is 2. The van der Waals surface area contributed by atoms with Gasteiger partial charge in [0.2, 0.25) is 0 Å². The first-order valence-corrected chi connectivity index (χ1v) is 10.1. The van der Waals surface area contributed by atoms with Crippen molar-refractivity contribution in [2.75, 3.05) is 11.9 Å². The number of fused-ring (bicyclic) bond motifs is 2. The second-order valence-electron chi connectivity index (χ2n) is 6.81. The van der Waals surface area contributed by atoms with E-state index in [9.17, 15) is 0 Å². The lowest BCUT2D eigenvalue weighted by Gasteiger charge is -2.18. The average molecular weight is 502 g/mol. The predicted octanol–water partition coefficient (Wildman–Crippen LogP) is 4.24. The van der Waals surface area contributed by atoms with Crippen molar-refractivity contribution in [1.82, 2.24) is 24.5 Å². The summed E-state index contributed by atoms with van der Waals surface area (Å²) >= 11 is 2.27. The van der Waals surface area contributed by atoms with Crippen LogP contribution in [0, 0.1) is 16.4 Å². The van der Waals surface area contributed by atoms with Crippen LogP contribution in [0.5, 0.6) is 11.8 Å². The molecular formula is C20H16FIN6O. The number of rotatable bonds is 2. The minimum atomic E-state index is -0.400. The highest BCUT2D eigenvalue weighted by atomic mass is 127. The van der Waals surface area contributed by atoms with Crippen LogP contribution in [0.2, 0.25) is 0 Å². The van der Waals surface area contributed by atoms with Crippen molar-refractivity contribution in [3.63, 3.8) is 0 Å². The quantitative estimate of drug-likeness (QED) is 0.414. The van der Waals surface area contributed by atoms with Crippen molar-refractivity contribution in [2.24, 2.45) is 7.05 Å². The van der Waals surface area contributed by atoms with Gasteiger partial charge in [0, 0.05) is 36.6 Å². The summed E-state index contributed by atoms with van der Waals surface area (Å²) in [6.07, 6.45) is 3.63. The van der Waals surface area contributed by atoms with Crippen LogP contribution in [0.3, 0.4) is 0 Å². The number of nitrogens with one attached hydrogen (secondary N) is 1. The van der Waals surface area contributed by atoms with Crippen LogP contribution in [0.25, 0.3) is 22.2 Å². The van der Waals surface area contributed by atoms with E-state index in [0.29, 0.717) is 18.5 Å². The number of aryl methyl sites for hydroxylation is 2. The molecule has 5 rings (SSSR count). The number of benzene rings is 1. The molecule has 0 spiro atoms. The topological polar surface area (TPSA) is 77.8 Å². The molecule has 1 aliphatic rings. The maximum absolute atomic E-state index is 15.5. The Kier molecular flexibility index (Phi) is 4.34. The second kappa shape index (κ2) is 6.90. The molecule has 0 saturated carbocycles. The number of ether oxygens (including phenoxy) is 1. The molecule has 146 valence electrons. The molecule has 4 aromatic rings. The van der Waals surface area contributed by atoms with E-state index in [0.717, 1.165) is 37.4 Å². The monoisotopic (exact) mass is 502 g/mol. The largest absolute Gasteiger partial charge is 0.421 e. The lowest BCUT2D eigenvalue weighted by molar-refractivity contribution is 0.407. The first-order chi connectivity index (χ1) is 14.0. The minimum absolute atomic E-state index is 0.113. The van der Waals surface area contributed by atoms with Crippen molar-refractivity contribution in [3.8, 4) is 22.9 Å². The molecule has 29 heavy (non-hydrogen) atoms. The molecule has 7 nitrogen and oxygen atoms in total. The van der Waals surface area contributed by atoms with Crippen LogP contribution in [0.1, 0.15) is 11.3 Å². The summed E-state index contributed by atoms with van der Waals surface area (Å²) in [6.45, 7) is 2.38. The second-order valence-corrected chi connectivity index (χ2v) is 7.83. The first kappa shape index (κ1) is 18.2. The van der Waals surface area contributed by atoms with E-state index in [1.54, 1.807) is 24.7 Å². The van der Waals surface area contributed by atoms with E-state index in [-0.39, 0.29) is 11.8 Å². The molecule has 4 heterocycles. The van der Waals surface area contributed by atoms with Crippen molar-refractivity contribution in [3.05, 3.63) is 51.5 Å². The third-order valence-electron chi connectivity index (χ3n) is 5.01. The van der Waals surface area contributed by atoms with Gasteiger partial charge < -0.3 is 14.6 Å². The SMILES string of the molecule is Cc1ccnc(Oc2ccc3c(c2F)CCNc2ncnc4c2c-3c(I)n4C)n1. The Labute approximate surface area is 179 Å². The van der Waals surface area contributed by atoms with Gasteiger partial charge in [0.05, 0.1) is 9.09 Å². The number of aromatic nitrogens is 5. The zero-order chi connectivity index (χ0) is 20.1. The molecule has 0 saturated heterocycles. The summed E-state index contributed by atoms with van der Waals surface area (Å²) in [7, 11) is 1.95.